The summed E-state index contributed by atoms with van der Waals surface area (Å²) in [5.74, 6) is 0. The number of para-hydroxylation sites is 1. The van der Waals surface area contributed by atoms with Gasteiger partial charge in [0.1, 0.15) is 11.2 Å². The van der Waals surface area contributed by atoms with Gasteiger partial charge in [-0.25, -0.2) is 0 Å². The van der Waals surface area contributed by atoms with E-state index in [4.69, 9.17) is 4.42 Å². The van der Waals surface area contributed by atoms with Crippen molar-refractivity contribution in [2.45, 2.75) is 0 Å². The predicted octanol–water partition coefficient (Wildman–Crippen LogP) is 12.2. The fourth-order valence-electron chi connectivity index (χ4n) is 6.85. The minimum atomic E-state index is 0.895. The van der Waals surface area contributed by atoms with Crippen LogP contribution in [-0.2, 0) is 0 Å². The molecule has 9 aromatic rings. The van der Waals surface area contributed by atoms with Crippen LogP contribution in [0.4, 0.5) is 17.1 Å². The molecule has 0 spiro atoms. The third-order valence-corrected chi connectivity index (χ3v) is 8.80. The molecular formula is C42H27NO. The van der Waals surface area contributed by atoms with Crippen LogP contribution in [0.1, 0.15) is 0 Å². The van der Waals surface area contributed by atoms with Crippen molar-refractivity contribution in [2.24, 2.45) is 0 Å². The molecule has 0 aliphatic heterocycles. The lowest BCUT2D eigenvalue weighted by Crippen LogP contribution is -2.11. The molecule has 0 aliphatic rings. The Morgan fingerprint density at radius 3 is 1.77 bits per heavy atom. The molecule has 0 radical (unpaired) electrons. The first-order valence-corrected chi connectivity index (χ1v) is 15.0. The van der Waals surface area contributed by atoms with Crippen molar-refractivity contribution < 1.29 is 4.42 Å². The number of benzene rings is 8. The molecule has 0 saturated heterocycles. The van der Waals surface area contributed by atoms with Gasteiger partial charge in [0.15, 0.2) is 0 Å². The van der Waals surface area contributed by atoms with Crippen molar-refractivity contribution in [3.05, 3.63) is 164 Å². The largest absolute Gasteiger partial charge is 0.455 e. The van der Waals surface area contributed by atoms with E-state index >= 15 is 0 Å². The lowest BCUT2D eigenvalue weighted by Gasteiger charge is -2.28. The summed E-state index contributed by atoms with van der Waals surface area (Å²) in [7, 11) is 0. The normalized spacial score (nSPS) is 11.6. The predicted molar refractivity (Wildman–Crippen MR) is 186 cm³/mol. The van der Waals surface area contributed by atoms with Crippen molar-refractivity contribution in [1.29, 1.82) is 0 Å². The molecule has 0 amide bonds. The highest BCUT2D eigenvalue weighted by Gasteiger charge is 2.24. The zero-order valence-corrected chi connectivity index (χ0v) is 23.9. The number of rotatable bonds is 4. The van der Waals surface area contributed by atoms with Crippen molar-refractivity contribution in [1.82, 2.24) is 0 Å². The first-order chi connectivity index (χ1) is 21.8. The molecule has 0 saturated carbocycles. The third-order valence-electron chi connectivity index (χ3n) is 8.80. The standard InChI is InChI=1S/C42H27NO/c1-3-14-29(15-4-1)39-38(43(31-17-5-2-6-18-31)32-24-23-28-13-7-8-16-30(28)27-32)26-25-37-40-35-21-11-9-19-33(35)34-20-10-12-22-36(34)41(40)44-42(37)39/h1-27H. The Hall–Kier alpha value is -5.86. The Bertz CT molecular complexity index is 2490. The maximum absolute atomic E-state index is 7.07. The maximum atomic E-state index is 7.07. The maximum Gasteiger partial charge on any atom is 0.145 e. The number of furan rings is 1. The minimum absolute atomic E-state index is 0.895. The van der Waals surface area contributed by atoms with Crippen LogP contribution in [0.25, 0.3) is 65.4 Å². The second kappa shape index (κ2) is 9.86. The van der Waals surface area contributed by atoms with Gasteiger partial charge in [-0.2, -0.15) is 0 Å². The van der Waals surface area contributed by atoms with Gasteiger partial charge < -0.3 is 9.32 Å². The van der Waals surface area contributed by atoms with Crippen LogP contribution in [0.5, 0.6) is 0 Å². The lowest BCUT2D eigenvalue weighted by atomic mass is 9.95. The molecule has 0 N–H and O–H groups in total. The van der Waals surface area contributed by atoms with Gasteiger partial charge in [-0.1, -0.05) is 127 Å². The molecule has 8 aromatic carbocycles. The Labute approximate surface area is 255 Å². The summed E-state index contributed by atoms with van der Waals surface area (Å²) in [6.45, 7) is 0. The van der Waals surface area contributed by atoms with Gasteiger partial charge in [-0.15, -0.1) is 0 Å². The van der Waals surface area contributed by atoms with Crippen molar-refractivity contribution in [3.8, 4) is 11.1 Å². The highest BCUT2D eigenvalue weighted by molar-refractivity contribution is 6.31. The number of anilines is 3. The van der Waals surface area contributed by atoms with Crippen LogP contribution in [-0.4, -0.2) is 0 Å². The average molecular weight is 562 g/mol. The smallest absolute Gasteiger partial charge is 0.145 e. The molecule has 2 heteroatoms. The summed E-state index contributed by atoms with van der Waals surface area (Å²) in [5.41, 5.74) is 7.27. The van der Waals surface area contributed by atoms with E-state index in [-0.39, 0.29) is 0 Å². The summed E-state index contributed by atoms with van der Waals surface area (Å²) < 4.78 is 7.07. The molecule has 0 unspecified atom stereocenters. The molecular weight excluding hydrogens is 534 g/mol. The van der Waals surface area contributed by atoms with Gasteiger partial charge in [0.25, 0.3) is 0 Å². The van der Waals surface area contributed by atoms with Crippen LogP contribution < -0.4 is 4.90 Å². The van der Waals surface area contributed by atoms with Crippen molar-refractivity contribution in [3.63, 3.8) is 0 Å². The zero-order chi connectivity index (χ0) is 29.0. The number of fused-ring (bicyclic) bond motifs is 9. The van der Waals surface area contributed by atoms with E-state index in [0.717, 1.165) is 55.5 Å². The molecule has 1 aromatic heterocycles. The monoisotopic (exact) mass is 561 g/mol. The van der Waals surface area contributed by atoms with Crippen LogP contribution >= 0.6 is 0 Å². The van der Waals surface area contributed by atoms with Crippen LogP contribution in [0.15, 0.2) is 168 Å². The molecule has 0 atom stereocenters. The first kappa shape index (κ1) is 24.7. The van der Waals surface area contributed by atoms with Gasteiger partial charge in [-0.3, -0.25) is 0 Å². The van der Waals surface area contributed by atoms with Crippen molar-refractivity contribution in [2.75, 3.05) is 4.90 Å². The molecule has 44 heavy (non-hydrogen) atoms. The van der Waals surface area contributed by atoms with Gasteiger partial charge in [0.05, 0.1) is 5.69 Å². The topological polar surface area (TPSA) is 16.4 Å². The molecule has 0 bridgehead atoms. The highest BCUT2D eigenvalue weighted by atomic mass is 16.3. The Morgan fingerprint density at radius 2 is 1.00 bits per heavy atom. The molecule has 0 fully saturated rings. The van der Waals surface area contributed by atoms with Gasteiger partial charge >= 0.3 is 0 Å². The summed E-state index contributed by atoms with van der Waals surface area (Å²) in [4.78, 5) is 2.36. The van der Waals surface area contributed by atoms with Gasteiger partial charge in [0, 0.05) is 33.1 Å². The van der Waals surface area contributed by atoms with E-state index in [0.29, 0.717) is 0 Å². The summed E-state index contributed by atoms with van der Waals surface area (Å²) in [6, 6.07) is 58.3. The summed E-state index contributed by atoms with van der Waals surface area (Å²) in [6.07, 6.45) is 0. The Kier molecular flexibility index (Phi) is 5.54. The SMILES string of the molecule is c1ccc(-c2c(N(c3ccccc3)c3ccc4ccccc4c3)ccc3c2oc2c4ccccc4c4ccccc4c32)cc1. The van der Waals surface area contributed by atoms with Crippen LogP contribution in [0, 0.1) is 0 Å². The number of hydrogen-bond donors (Lipinski definition) is 0. The first-order valence-electron chi connectivity index (χ1n) is 15.0. The molecule has 2 nitrogen and oxygen atoms in total. The van der Waals surface area contributed by atoms with E-state index in [9.17, 15) is 0 Å². The minimum Gasteiger partial charge on any atom is -0.455 e. The third kappa shape index (κ3) is 3.75. The van der Waals surface area contributed by atoms with Gasteiger partial charge in [-0.05, 0) is 68.9 Å². The molecule has 1 heterocycles. The molecule has 9 rings (SSSR count). The summed E-state index contributed by atoms with van der Waals surface area (Å²) >= 11 is 0. The van der Waals surface area contributed by atoms with E-state index in [2.05, 4.69) is 169 Å². The van der Waals surface area contributed by atoms with Gasteiger partial charge in [0.2, 0.25) is 0 Å². The average Bonchev–Trinajstić information content (AvgIpc) is 3.49. The highest BCUT2D eigenvalue weighted by Crippen LogP contribution is 2.49. The van der Waals surface area contributed by atoms with Crippen molar-refractivity contribution >= 4 is 71.3 Å². The van der Waals surface area contributed by atoms with E-state index in [1.54, 1.807) is 0 Å². The molecule has 0 aliphatic carbocycles. The fourth-order valence-corrected chi connectivity index (χ4v) is 6.85. The quantitative estimate of drug-likeness (QED) is 0.199. The lowest BCUT2D eigenvalue weighted by molar-refractivity contribution is 0.674. The number of hydrogen-bond acceptors (Lipinski definition) is 2. The molecule has 206 valence electrons. The Morgan fingerprint density at radius 1 is 0.386 bits per heavy atom. The second-order valence-corrected chi connectivity index (χ2v) is 11.3. The number of nitrogens with zero attached hydrogens (tertiary/aromatic N) is 1. The second-order valence-electron chi connectivity index (χ2n) is 11.3. The summed E-state index contributed by atoms with van der Waals surface area (Å²) in [5, 5.41) is 9.50. The van der Waals surface area contributed by atoms with E-state index < -0.39 is 0 Å². The fraction of sp³-hybridized carbons (Fsp3) is 0. The zero-order valence-electron chi connectivity index (χ0n) is 23.9. The van der Waals surface area contributed by atoms with Crippen LogP contribution in [0.2, 0.25) is 0 Å². The Balaban J connectivity index is 1.43. The van der Waals surface area contributed by atoms with Crippen LogP contribution in [0.3, 0.4) is 0 Å². The van der Waals surface area contributed by atoms with E-state index in [1.807, 2.05) is 0 Å². The van der Waals surface area contributed by atoms with E-state index in [1.165, 1.54) is 26.9 Å².